The van der Waals surface area contributed by atoms with Crippen molar-refractivity contribution in [2.75, 3.05) is 0 Å². The zero-order valence-corrected chi connectivity index (χ0v) is 11.5. The summed E-state index contributed by atoms with van der Waals surface area (Å²) in [6, 6.07) is 0. The average Bonchev–Trinajstić information content (AvgIpc) is 2.26. The molecule has 0 aromatic carbocycles. The van der Waals surface area contributed by atoms with Crippen molar-refractivity contribution in [3.63, 3.8) is 0 Å². The van der Waals surface area contributed by atoms with E-state index in [1.165, 1.54) is 0 Å². The Morgan fingerprint density at radius 2 is 2.12 bits per heavy atom. The summed E-state index contributed by atoms with van der Waals surface area (Å²) in [5, 5.41) is 13.1. The number of hydrogen-bond acceptors (Lipinski definition) is 2. The zero-order valence-electron chi connectivity index (χ0n) is 11.5. The fourth-order valence-electron chi connectivity index (χ4n) is 4.02. The predicted octanol–water partition coefficient (Wildman–Crippen LogP) is 4.10. The van der Waals surface area contributed by atoms with E-state index < -0.39 is 0 Å². The molecule has 2 heteroatoms. The number of oxime groups is 1. The van der Waals surface area contributed by atoms with E-state index in [1.807, 2.05) is 0 Å². The highest BCUT2D eigenvalue weighted by atomic mass is 16.4. The van der Waals surface area contributed by atoms with Crippen LogP contribution >= 0.6 is 0 Å². The van der Waals surface area contributed by atoms with Gasteiger partial charge in [-0.25, -0.2) is 0 Å². The van der Waals surface area contributed by atoms with Gasteiger partial charge in [0, 0.05) is 11.3 Å². The van der Waals surface area contributed by atoms with Crippen LogP contribution in [0.3, 0.4) is 0 Å². The lowest BCUT2D eigenvalue weighted by molar-refractivity contribution is 0.0736. The van der Waals surface area contributed by atoms with E-state index in [1.54, 1.807) is 0 Å². The van der Waals surface area contributed by atoms with E-state index in [0.717, 1.165) is 25.0 Å². The van der Waals surface area contributed by atoms with E-state index in [-0.39, 0.29) is 5.41 Å². The molecule has 2 rings (SSSR count). The van der Waals surface area contributed by atoms with Crippen LogP contribution in [-0.2, 0) is 0 Å². The molecule has 96 valence electrons. The van der Waals surface area contributed by atoms with Gasteiger partial charge in [-0.1, -0.05) is 45.0 Å². The predicted molar refractivity (Wildman–Crippen MR) is 71.3 cm³/mol. The molecule has 2 aliphatic carbocycles. The van der Waals surface area contributed by atoms with Crippen molar-refractivity contribution in [3.8, 4) is 0 Å². The Morgan fingerprint density at radius 1 is 1.41 bits per heavy atom. The van der Waals surface area contributed by atoms with Crippen LogP contribution in [0.15, 0.2) is 17.3 Å². The van der Waals surface area contributed by atoms with Crippen molar-refractivity contribution in [3.05, 3.63) is 12.2 Å². The van der Waals surface area contributed by atoms with Crippen LogP contribution in [0.2, 0.25) is 0 Å². The second-order valence-corrected chi connectivity index (χ2v) is 6.41. The fraction of sp³-hybridized carbons (Fsp3) is 0.800. The normalized spacial score (nSPS) is 38.6. The number of fused-ring (bicyclic) bond motifs is 1. The van der Waals surface area contributed by atoms with Crippen molar-refractivity contribution < 1.29 is 5.21 Å². The zero-order chi connectivity index (χ0) is 12.6. The first-order valence-corrected chi connectivity index (χ1v) is 6.93. The standard InChI is InChI=1S/C15H25NO/c1-10(2)9-12-13-7-5-6-8-15(13,11(3)4)14(12)16-17/h5,7,10-13,17H,6,8-9H2,1-4H3/b16-14+. The van der Waals surface area contributed by atoms with Gasteiger partial charge in [0.15, 0.2) is 0 Å². The molecule has 0 aromatic heterocycles. The fourth-order valence-corrected chi connectivity index (χ4v) is 4.02. The first-order valence-electron chi connectivity index (χ1n) is 6.93. The highest BCUT2D eigenvalue weighted by Gasteiger charge is 2.60. The van der Waals surface area contributed by atoms with E-state index in [9.17, 15) is 5.21 Å². The van der Waals surface area contributed by atoms with Gasteiger partial charge in [-0.05, 0) is 37.0 Å². The summed E-state index contributed by atoms with van der Waals surface area (Å²) < 4.78 is 0. The van der Waals surface area contributed by atoms with Crippen molar-refractivity contribution in [1.29, 1.82) is 0 Å². The molecule has 0 heterocycles. The number of hydrogen-bond donors (Lipinski definition) is 1. The Balaban J connectivity index is 2.30. The number of allylic oxidation sites excluding steroid dienone is 2. The maximum atomic E-state index is 9.39. The summed E-state index contributed by atoms with van der Waals surface area (Å²) in [6.45, 7) is 9.03. The van der Waals surface area contributed by atoms with Gasteiger partial charge in [0.05, 0.1) is 5.71 Å². The average molecular weight is 235 g/mol. The van der Waals surface area contributed by atoms with Crippen LogP contribution < -0.4 is 0 Å². The molecule has 1 saturated carbocycles. The lowest BCUT2D eigenvalue weighted by Crippen LogP contribution is -2.61. The third kappa shape index (κ3) is 1.73. The third-order valence-electron chi connectivity index (χ3n) is 4.79. The molecule has 3 atom stereocenters. The maximum Gasteiger partial charge on any atom is 0.0678 e. The van der Waals surface area contributed by atoms with Crippen molar-refractivity contribution in [2.24, 2.45) is 34.2 Å². The Hall–Kier alpha value is -0.790. The van der Waals surface area contributed by atoms with E-state index in [4.69, 9.17) is 0 Å². The van der Waals surface area contributed by atoms with Gasteiger partial charge in [-0.2, -0.15) is 0 Å². The summed E-state index contributed by atoms with van der Waals surface area (Å²) in [7, 11) is 0. The van der Waals surface area contributed by atoms with Gasteiger partial charge in [0.2, 0.25) is 0 Å². The molecule has 1 N–H and O–H groups in total. The molecule has 0 bridgehead atoms. The number of rotatable bonds is 3. The summed E-state index contributed by atoms with van der Waals surface area (Å²) in [5.41, 5.74) is 1.24. The summed E-state index contributed by atoms with van der Waals surface area (Å²) in [4.78, 5) is 0. The minimum atomic E-state index is 0.156. The summed E-state index contributed by atoms with van der Waals surface area (Å²) in [6.07, 6.45) is 8.11. The van der Waals surface area contributed by atoms with Gasteiger partial charge in [0.1, 0.15) is 0 Å². The molecule has 17 heavy (non-hydrogen) atoms. The van der Waals surface area contributed by atoms with Gasteiger partial charge >= 0.3 is 0 Å². The van der Waals surface area contributed by atoms with Crippen LogP contribution in [-0.4, -0.2) is 10.9 Å². The van der Waals surface area contributed by atoms with Gasteiger partial charge in [-0.15, -0.1) is 0 Å². The molecular formula is C15H25NO. The summed E-state index contributed by atoms with van der Waals surface area (Å²) in [5.74, 6) is 2.30. The van der Waals surface area contributed by atoms with Gasteiger partial charge in [0.25, 0.3) is 0 Å². The molecule has 0 aliphatic heterocycles. The molecule has 2 aliphatic rings. The van der Waals surface area contributed by atoms with Crippen molar-refractivity contribution >= 4 is 5.71 Å². The molecule has 0 saturated heterocycles. The largest absolute Gasteiger partial charge is 0.411 e. The first kappa shape index (κ1) is 12.7. The van der Waals surface area contributed by atoms with Gasteiger partial charge < -0.3 is 5.21 Å². The maximum absolute atomic E-state index is 9.39. The van der Waals surface area contributed by atoms with Crippen LogP contribution in [0.25, 0.3) is 0 Å². The smallest absolute Gasteiger partial charge is 0.0678 e. The minimum Gasteiger partial charge on any atom is -0.411 e. The Kier molecular flexibility index (Phi) is 3.33. The molecule has 0 spiro atoms. The van der Waals surface area contributed by atoms with E-state index in [2.05, 4.69) is 45.0 Å². The Labute approximate surface area is 105 Å². The summed E-state index contributed by atoms with van der Waals surface area (Å²) >= 11 is 0. The Morgan fingerprint density at radius 3 is 2.65 bits per heavy atom. The Bertz CT molecular complexity index is 343. The topological polar surface area (TPSA) is 32.6 Å². The third-order valence-corrected chi connectivity index (χ3v) is 4.79. The second kappa shape index (κ2) is 4.47. The quantitative estimate of drug-likeness (QED) is 0.446. The molecule has 2 nitrogen and oxygen atoms in total. The van der Waals surface area contributed by atoms with Crippen LogP contribution in [0, 0.1) is 29.1 Å². The van der Waals surface area contributed by atoms with Gasteiger partial charge in [-0.3, -0.25) is 0 Å². The SMILES string of the molecule is CC(C)CC1/C(=N\O)C2(C(C)C)CCC=CC12. The minimum absolute atomic E-state index is 0.156. The molecule has 0 amide bonds. The lowest BCUT2D eigenvalue weighted by Gasteiger charge is -2.59. The van der Waals surface area contributed by atoms with Crippen LogP contribution in [0.4, 0.5) is 0 Å². The monoisotopic (exact) mass is 235 g/mol. The highest BCUT2D eigenvalue weighted by molar-refractivity contribution is 5.99. The number of nitrogens with zero attached hydrogens (tertiary/aromatic N) is 1. The van der Waals surface area contributed by atoms with E-state index in [0.29, 0.717) is 23.7 Å². The highest BCUT2D eigenvalue weighted by Crippen LogP contribution is 2.60. The second-order valence-electron chi connectivity index (χ2n) is 6.41. The van der Waals surface area contributed by atoms with Crippen LogP contribution in [0.1, 0.15) is 47.0 Å². The molecule has 0 radical (unpaired) electrons. The molecular weight excluding hydrogens is 210 g/mol. The molecule has 0 aromatic rings. The van der Waals surface area contributed by atoms with E-state index >= 15 is 0 Å². The first-order chi connectivity index (χ1) is 8.04. The lowest BCUT2D eigenvalue weighted by atomic mass is 9.44. The van der Waals surface area contributed by atoms with Crippen molar-refractivity contribution in [2.45, 2.75) is 47.0 Å². The molecule has 1 fully saturated rings. The van der Waals surface area contributed by atoms with Crippen LogP contribution in [0.5, 0.6) is 0 Å². The van der Waals surface area contributed by atoms with Crippen molar-refractivity contribution in [1.82, 2.24) is 0 Å². The molecule has 3 unspecified atom stereocenters.